The van der Waals surface area contributed by atoms with Gasteiger partial charge < -0.3 is 14.7 Å². The molecule has 22 heavy (non-hydrogen) atoms. The van der Waals surface area contributed by atoms with Gasteiger partial charge in [-0.2, -0.15) is 0 Å². The highest BCUT2D eigenvalue weighted by Crippen LogP contribution is 2.66. The van der Waals surface area contributed by atoms with Gasteiger partial charge in [-0.15, -0.1) is 0 Å². The van der Waals surface area contributed by atoms with E-state index in [0.717, 1.165) is 31.5 Å². The number of rotatable bonds is 5. The molecule has 1 saturated heterocycles. The molecule has 3 heteroatoms. The Morgan fingerprint density at radius 2 is 1.86 bits per heavy atom. The minimum Gasteiger partial charge on any atom is -0.389 e. The minimum atomic E-state index is -0.334. The number of fused-ring (bicyclic) bond motifs is 2. The van der Waals surface area contributed by atoms with Crippen LogP contribution in [0.25, 0.3) is 0 Å². The van der Waals surface area contributed by atoms with Gasteiger partial charge in [-0.1, -0.05) is 27.7 Å². The molecule has 2 bridgehead atoms. The first kappa shape index (κ1) is 16.7. The molecular formula is C19H35NO2. The van der Waals surface area contributed by atoms with Gasteiger partial charge in [0.2, 0.25) is 0 Å². The number of β-amino-alcohol motifs (C(OH)–C–C–N with tert-alkyl or cyclic N) is 1. The van der Waals surface area contributed by atoms with E-state index in [1.807, 2.05) is 0 Å². The van der Waals surface area contributed by atoms with Crippen LogP contribution in [0.2, 0.25) is 0 Å². The summed E-state index contributed by atoms with van der Waals surface area (Å²) in [5.74, 6) is 1.66. The highest BCUT2D eigenvalue weighted by molar-refractivity contribution is 5.11. The number of likely N-dealkylation sites (tertiary alicyclic amines) is 1. The third-order valence-corrected chi connectivity index (χ3v) is 7.55. The van der Waals surface area contributed by atoms with Gasteiger partial charge >= 0.3 is 0 Å². The van der Waals surface area contributed by atoms with Crippen molar-refractivity contribution in [3.05, 3.63) is 0 Å². The Kier molecular flexibility index (Phi) is 4.61. The van der Waals surface area contributed by atoms with Crippen LogP contribution in [0.3, 0.4) is 0 Å². The van der Waals surface area contributed by atoms with Crippen molar-refractivity contribution in [2.24, 2.45) is 22.7 Å². The van der Waals surface area contributed by atoms with Crippen molar-refractivity contribution in [1.29, 1.82) is 0 Å². The highest BCUT2D eigenvalue weighted by atomic mass is 16.5. The molecule has 3 aliphatic rings. The topological polar surface area (TPSA) is 32.7 Å². The smallest absolute Gasteiger partial charge is 0.0900 e. The zero-order chi connectivity index (χ0) is 16.0. The molecular weight excluding hydrogens is 274 g/mol. The molecule has 1 heterocycles. The number of hydrogen-bond donors (Lipinski definition) is 1. The lowest BCUT2D eigenvalue weighted by Crippen LogP contribution is -2.42. The van der Waals surface area contributed by atoms with E-state index in [0.29, 0.717) is 23.5 Å². The molecule has 4 atom stereocenters. The largest absolute Gasteiger partial charge is 0.389 e. The molecule has 0 aromatic carbocycles. The van der Waals surface area contributed by atoms with Gasteiger partial charge in [0.05, 0.1) is 18.8 Å². The summed E-state index contributed by atoms with van der Waals surface area (Å²) in [6.07, 6.45) is 6.38. The first-order chi connectivity index (χ1) is 10.3. The Hall–Kier alpha value is -0.120. The van der Waals surface area contributed by atoms with Gasteiger partial charge in [0.25, 0.3) is 0 Å². The molecule has 3 nitrogen and oxygen atoms in total. The number of hydrogen-bond acceptors (Lipinski definition) is 3. The lowest BCUT2D eigenvalue weighted by Gasteiger charge is -2.39. The molecule has 0 amide bonds. The molecule has 0 spiro atoms. The third kappa shape index (κ3) is 2.85. The average Bonchev–Trinajstić information content (AvgIpc) is 2.80. The van der Waals surface area contributed by atoms with Crippen molar-refractivity contribution in [2.75, 3.05) is 26.2 Å². The number of ether oxygens (including phenoxy) is 1. The molecule has 0 aromatic rings. The van der Waals surface area contributed by atoms with Gasteiger partial charge in [0, 0.05) is 6.54 Å². The maximum absolute atomic E-state index is 10.3. The maximum atomic E-state index is 10.3. The van der Waals surface area contributed by atoms with Crippen LogP contribution in [0.15, 0.2) is 0 Å². The van der Waals surface area contributed by atoms with Gasteiger partial charge in [-0.3, -0.25) is 0 Å². The molecule has 128 valence electrons. The summed E-state index contributed by atoms with van der Waals surface area (Å²) in [5, 5.41) is 10.3. The number of aliphatic hydroxyl groups is 1. The Morgan fingerprint density at radius 1 is 1.18 bits per heavy atom. The van der Waals surface area contributed by atoms with E-state index in [1.54, 1.807) is 0 Å². The fourth-order valence-corrected chi connectivity index (χ4v) is 5.20. The van der Waals surface area contributed by atoms with E-state index >= 15 is 0 Å². The van der Waals surface area contributed by atoms with E-state index in [2.05, 4.69) is 32.6 Å². The molecule has 1 N–H and O–H groups in total. The van der Waals surface area contributed by atoms with Crippen LogP contribution in [-0.4, -0.2) is 48.5 Å². The van der Waals surface area contributed by atoms with Crippen molar-refractivity contribution < 1.29 is 9.84 Å². The van der Waals surface area contributed by atoms with E-state index in [1.165, 1.54) is 32.1 Å². The van der Waals surface area contributed by atoms with Crippen molar-refractivity contribution >= 4 is 0 Å². The summed E-state index contributed by atoms with van der Waals surface area (Å²) in [7, 11) is 0. The molecule has 2 saturated carbocycles. The molecule has 0 radical (unpaired) electrons. The van der Waals surface area contributed by atoms with Crippen LogP contribution in [0.4, 0.5) is 0 Å². The van der Waals surface area contributed by atoms with Gasteiger partial charge in [-0.25, -0.2) is 0 Å². The SMILES string of the molecule is CC1CCN(C[C@H](O)CO[C@H]2C[C@H]3CC[C@@]2(C)C3(C)C)CC1. The molecule has 2 aliphatic carbocycles. The summed E-state index contributed by atoms with van der Waals surface area (Å²) >= 11 is 0. The monoisotopic (exact) mass is 309 g/mol. The number of aliphatic hydroxyl groups excluding tert-OH is 1. The van der Waals surface area contributed by atoms with Gasteiger partial charge in [0.15, 0.2) is 0 Å². The highest BCUT2D eigenvalue weighted by Gasteiger charge is 2.61. The van der Waals surface area contributed by atoms with Gasteiger partial charge in [0.1, 0.15) is 0 Å². The molecule has 0 aromatic heterocycles. The zero-order valence-corrected chi connectivity index (χ0v) is 15.0. The quantitative estimate of drug-likeness (QED) is 0.846. The van der Waals surface area contributed by atoms with E-state index in [-0.39, 0.29) is 6.10 Å². The fraction of sp³-hybridized carbons (Fsp3) is 1.00. The summed E-state index contributed by atoms with van der Waals surface area (Å²) in [5.41, 5.74) is 0.698. The van der Waals surface area contributed by atoms with Crippen LogP contribution < -0.4 is 0 Å². The van der Waals surface area contributed by atoms with Crippen molar-refractivity contribution in [3.8, 4) is 0 Å². The van der Waals surface area contributed by atoms with Crippen LogP contribution in [0.5, 0.6) is 0 Å². The second-order valence-electron chi connectivity index (χ2n) is 9.07. The normalized spacial score (nSPS) is 40.2. The Bertz CT molecular complexity index is 389. The van der Waals surface area contributed by atoms with Crippen molar-refractivity contribution in [1.82, 2.24) is 4.90 Å². The molecule has 3 fully saturated rings. The van der Waals surface area contributed by atoms with Crippen LogP contribution in [-0.2, 0) is 4.74 Å². The Labute approximate surface area is 136 Å². The van der Waals surface area contributed by atoms with Crippen LogP contribution in [0, 0.1) is 22.7 Å². The standard InChI is InChI=1S/C19H35NO2/c1-14-6-9-20(10-7-14)12-16(21)13-22-17-11-15-5-8-19(17,4)18(15,2)3/h14-17,21H,5-13H2,1-4H3/t15-,16+,17+,19-/m1/s1. The third-order valence-electron chi connectivity index (χ3n) is 7.55. The van der Waals surface area contributed by atoms with Crippen LogP contribution >= 0.6 is 0 Å². The van der Waals surface area contributed by atoms with Gasteiger partial charge in [-0.05, 0) is 67.9 Å². The summed E-state index contributed by atoms with van der Waals surface area (Å²) in [4.78, 5) is 2.40. The second kappa shape index (κ2) is 6.07. The number of nitrogens with zero attached hydrogens (tertiary/aromatic N) is 1. The fourth-order valence-electron chi connectivity index (χ4n) is 5.20. The van der Waals surface area contributed by atoms with E-state index in [9.17, 15) is 5.11 Å². The van der Waals surface area contributed by atoms with Crippen LogP contribution in [0.1, 0.15) is 59.8 Å². The Morgan fingerprint density at radius 3 is 2.41 bits per heavy atom. The van der Waals surface area contributed by atoms with Crippen molar-refractivity contribution in [2.45, 2.75) is 72.0 Å². The summed E-state index contributed by atoms with van der Waals surface area (Å²) in [6.45, 7) is 13.1. The first-order valence-corrected chi connectivity index (χ1v) is 9.35. The lowest BCUT2D eigenvalue weighted by molar-refractivity contribution is -0.0802. The Balaban J connectivity index is 1.45. The second-order valence-corrected chi connectivity index (χ2v) is 9.07. The molecule has 1 aliphatic heterocycles. The first-order valence-electron chi connectivity index (χ1n) is 9.35. The maximum Gasteiger partial charge on any atom is 0.0900 e. The van der Waals surface area contributed by atoms with E-state index < -0.39 is 0 Å². The van der Waals surface area contributed by atoms with Crippen molar-refractivity contribution in [3.63, 3.8) is 0 Å². The predicted octanol–water partition coefficient (Wildman–Crippen LogP) is 3.31. The molecule has 0 unspecified atom stereocenters. The van der Waals surface area contributed by atoms with E-state index in [4.69, 9.17) is 4.74 Å². The molecule has 3 rings (SSSR count). The summed E-state index contributed by atoms with van der Waals surface area (Å²) < 4.78 is 6.22. The number of piperidine rings is 1. The zero-order valence-electron chi connectivity index (χ0n) is 15.0. The lowest BCUT2D eigenvalue weighted by atomic mass is 9.70. The summed E-state index contributed by atoms with van der Waals surface area (Å²) in [6, 6.07) is 0. The predicted molar refractivity (Wildman–Crippen MR) is 89.8 cm³/mol. The average molecular weight is 309 g/mol. The minimum absolute atomic E-state index is 0.304.